The fourth-order valence-electron chi connectivity index (χ4n) is 4.20. The van der Waals surface area contributed by atoms with Gasteiger partial charge in [-0.1, -0.05) is 41.4 Å². The monoisotopic (exact) mass is 599 g/mol. The van der Waals surface area contributed by atoms with Crippen LogP contribution in [0.25, 0.3) is 0 Å². The molecule has 0 N–H and O–H groups in total. The van der Waals surface area contributed by atoms with Gasteiger partial charge in [0.15, 0.2) is 0 Å². The lowest BCUT2D eigenvalue weighted by Gasteiger charge is -2.28. The second-order valence-electron chi connectivity index (χ2n) is 9.24. The Morgan fingerprint density at radius 3 is 2.23 bits per heavy atom. The number of benzene rings is 2. The summed E-state index contributed by atoms with van der Waals surface area (Å²) < 4.78 is 19.1. The Balaban J connectivity index is 1.79. The third-order valence-electron chi connectivity index (χ3n) is 6.45. The van der Waals surface area contributed by atoms with Gasteiger partial charge in [-0.2, -0.15) is 0 Å². The topological polar surface area (TPSA) is 73.2 Å². The van der Waals surface area contributed by atoms with Crippen molar-refractivity contribution < 1.29 is 23.8 Å². The highest BCUT2D eigenvalue weighted by Crippen LogP contribution is 2.24. The van der Waals surface area contributed by atoms with Crippen molar-refractivity contribution in [2.75, 3.05) is 47.6 Å². The molecule has 0 fully saturated rings. The Morgan fingerprint density at radius 2 is 1.62 bits per heavy atom. The zero-order valence-corrected chi connectivity index (χ0v) is 24.8. The van der Waals surface area contributed by atoms with Gasteiger partial charge in [0.25, 0.3) is 5.91 Å². The van der Waals surface area contributed by atoms with Gasteiger partial charge in [0, 0.05) is 54.7 Å². The zero-order valence-electron chi connectivity index (χ0n) is 23.2. The Bertz CT molecular complexity index is 1190. The van der Waals surface area contributed by atoms with Crippen molar-refractivity contribution in [1.82, 2.24) is 14.4 Å². The van der Waals surface area contributed by atoms with Crippen LogP contribution in [0.1, 0.15) is 41.4 Å². The number of carbonyl (C=O) groups excluding carboxylic acids is 2. The molecule has 0 spiro atoms. The van der Waals surface area contributed by atoms with Crippen LogP contribution in [0, 0.1) is 0 Å². The Kier molecular flexibility index (Phi) is 11.9. The van der Waals surface area contributed by atoms with Gasteiger partial charge in [0.1, 0.15) is 18.0 Å². The predicted octanol–water partition coefficient (Wildman–Crippen LogP) is 5.23. The molecule has 2 aromatic carbocycles. The first-order chi connectivity index (χ1) is 18.9. The number of rotatable bonds is 15. The summed E-state index contributed by atoms with van der Waals surface area (Å²) in [5.74, 6) is 0.615. The molecule has 1 heterocycles. The molecule has 8 nitrogen and oxygen atoms in total. The average molecular weight is 601 g/mol. The second-order valence-corrected chi connectivity index (χ2v) is 10.2. The minimum Gasteiger partial charge on any atom is -0.497 e. The van der Waals surface area contributed by atoms with Crippen molar-refractivity contribution >= 4 is 27.7 Å². The smallest absolute Gasteiger partial charge is 0.254 e. The predicted molar refractivity (Wildman–Crippen MR) is 155 cm³/mol. The van der Waals surface area contributed by atoms with Gasteiger partial charge < -0.3 is 28.6 Å². The molecular formula is C30H38BrN3O5. The lowest BCUT2D eigenvalue weighted by Crippen LogP contribution is -2.44. The van der Waals surface area contributed by atoms with Gasteiger partial charge in [-0.05, 0) is 48.4 Å². The first-order valence-electron chi connectivity index (χ1n) is 13.1. The first kappa shape index (κ1) is 30.2. The molecule has 0 bridgehead atoms. The molecule has 0 unspecified atom stereocenters. The largest absolute Gasteiger partial charge is 0.497 e. The van der Waals surface area contributed by atoms with Crippen molar-refractivity contribution in [3.05, 3.63) is 82.1 Å². The zero-order chi connectivity index (χ0) is 28.2. The Labute approximate surface area is 239 Å². The molecule has 0 aliphatic rings. The van der Waals surface area contributed by atoms with E-state index in [1.54, 1.807) is 25.3 Å². The van der Waals surface area contributed by atoms with Crippen LogP contribution >= 0.6 is 15.9 Å². The fourth-order valence-corrected chi connectivity index (χ4v) is 4.47. The molecule has 0 radical (unpaired) electrons. The SMILES string of the molecule is CCCCN(Cc1cccn1Cc1ccc(Br)cc1)C(=O)CN(CCOC)C(=O)c1cc(OC)cc(OC)c1. The highest BCUT2D eigenvalue weighted by atomic mass is 79.9. The van der Waals surface area contributed by atoms with E-state index in [4.69, 9.17) is 14.2 Å². The molecule has 39 heavy (non-hydrogen) atoms. The van der Waals surface area contributed by atoms with Crippen molar-refractivity contribution in [3.63, 3.8) is 0 Å². The van der Waals surface area contributed by atoms with Crippen LogP contribution in [0.15, 0.2) is 65.3 Å². The minimum atomic E-state index is -0.286. The van der Waals surface area contributed by atoms with Crippen LogP contribution in [0.3, 0.4) is 0 Å². The minimum absolute atomic E-state index is 0.0567. The van der Waals surface area contributed by atoms with Crippen molar-refractivity contribution in [1.29, 1.82) is 0 Å². The Hall–Kier alpha value is -3.30. The van der Waals surface area contributed by atoms with Gasteiger partial charge >= 0.3 is 0 Å². The van der Waals surface area contributed by atoms with Crippen LogP contribution in [0.2, 0.25) is 0 Å². The number of unbranched alkanes of at least 4 members (excludes halogenated alkanes) is 1. The summed E-state index contributed by atoms with van der Waals surface area (Å²) in [6.07, 6.45) is 3.86. The Morgan fingerprint density at radius 1 is 0.923 bits per heavy atom. The molecule has 210 valence electrons. The summed E-state index contributed by atoms with van der Waals surface area (Å²) >= 11 is 3.49. The van der Waals surface area contributed by atoms with Crippen LogP contribution in [-0.2, 0) is 22.6 Å². The molecule has 0 atom stereocenters. The maximum absolute atomic E-state index is 13.7. The van der Waals surface area contributed by atoms with Gasteiger partial charge in [-0.25, -0.2) is 0 Å². The molecule has 0 aliphatic heterocycles. The second kappa shape index (κ2) is 15.3. The van der Waals surface area contributed by atoms with E-state index in [0.29, 0.717) is 43.3 Å². The van der Waals surface area contributed by atoms with Crippen LogP contribution in [0.4, 0.5) is 0 Å². The van der Waals surface area contributed by atoms with E-state index >= 15 is 0 Å². The lowest BCUT2D eigenvalue weighted by molar-refractivity contribution is -0.132. The quantitative estimate of drug-likeness (QED) is 0.239. The maximum atomic E-state index is 13.7. The van der Waals surface area contributed by atoms with Crippen LogP contribution < -0.4 is 9.47 Å². The van der Waals surface area contributed by atoms with Gasteiger partial charge in [0.05, 0.1) is 27.4 Å². The van der Waals surface area contributed by atoms with Crippen molar-refractivity contribution in [2.24, 2.45) is 0 Å². The van der Waals surface area contributed by atoms with Crippen LogP contribution in [-0.4, -0.2) is 73.8 Å². The summed E-state index contributed by atoms with van der Waals surface area (Å²) in [7, 11) is 4.65. The third-order valence-corrected chi connectivity index (χ3v) is 6.98. The molecule has 3 rings (SSSR count). The van der Waals surface area contributed by atoms with E-state index in [1.165, 1.54) is 24.7 Å². The first-order valence-corrected chi connectivity index (χ1v) is 13.8. The van der Waals surface area contributed by atoms with Crippen molar-refractivity contribution in [3.8, 4) is 11.5 Å². The lowest BCUT2D eigenvalue weighted by atomic mass is 10.1. The summed E-state index contributed by atoms with van der Waals surface area (Å²) in [6.45, 7) is 4.41. The third kappa shape index (κ3) is 8.86. The highest BCUT2D eigenvalue weighted by molar-refractivity contribution is 9.10. The summed E-state index contributed by atoms with van der Waals surface area (Å²) in [4.78, 5) is 30.6. The number of aromatic nitrogens is 1. The molecule has 1 aromatic heterocycles. The number of hydrogen-bond acceptors (Lipinski definition) is 5. The number of nitrogens with zero attached hydrogens (tertiary/aromatic N) is 3. The van der Waals surface area contributed by atoms with Crippen LogP contribution in [0.5, 0.6) is 11.5 Å². The van der Waals surface area contributed by atoms with Gasteiger partial charge in [0.2, 0.25) is 5.91 Å². The normalized spacial score (nSPS) is 10.8. The number of ether oxygens (including phenoxy) is 3. The van der Waals surface area contributed by atoms with E-state index < -0.39 is 0 Å². The van der Waals surface area contributed by atoms with E-state index in [0.717, 1.165) is 23.0 Å². The van der Waals surface area contributed by atoms with E-state index in [-0.39, 0.29) is 24.9 Å². The summed E-state index contributed by atoms with van der Waals surface area (Å²) in [5, 5.41) is 0. The van der Waals surface area contributed by atoms with E-state index in [2.05, 4.69) is 39.6 Å². The molecule has 0 saturated heterocycles. The number of hydrogen-bond donors (Lipinski definition) is 0. The van der Waals surface area contributed by atoms with Gasteiger partial charge in [-0.3, -0.25) is 9.59 Å². The molecule has 0 aliphatic carbocycles. The molecule has 3 aromatic rings. The number of carbonyl (C=O) groups is 2. The molecule has 9 heteroatoms. The highest BCUT2D eigenvalue weighted by Gasteiger charge is 2.24. The number of methoxy groups -OCH3 is 3. The van der Waals surface area contributed by atoms with E-state index in [1.807, 2.05) is 35.4 Å². The molecular weight excluding hydrogens is 562 g/mol. The number of amides is 2. The number of halogens is 1. The summed E-state index contributed by atoms with van der Waals surface area (Å²) in [5.41, 5.74) is 2.60. The molecule has 2 amide bonds. The van der Waals surface area contributed by atoms with E-state index in [9.17, 15) is 9.59 Å². The summed E-state index contributed by atoms with van der Waals surface area (Å²) in [6, 6.07) is 17.3. The molecule has 0 saturated carbocycles. The fraction of sp³-hybridized carbons (Fsp3) is 0.400. The van der Waals surface area contributed by atoms with Crippen molar-refractivity contribution in [2.45, 2.75) is 32.9 Å². The standard InChI is InChI=1S/C30H38BrN3O5/c1-5-6-13-33(21-26-8-7-14-32(26)20-23-9-11-25(31)12-10-23)29(35)22-34(15-16-37-2)30(36)24-17-27(38-3)19-28(18-24)39-4/h7-12,14,17-19H,5-6,13,15-16,20-22H2,1-4H3. The maximum Gasteiger partial charge on any atom is 0.254 e. The average Bonchev–Trinajstić information content (AvgIpc) is 3.39. The van der Waals surface area contributed by atoms with Gasteiger partial charge in [-0.15, -0.1) is 0 Å².